The number of nitrogens with one attached hydrogen (secondary N) is 1. The number of piperidine rings is 2. The van der Waals surface area contributed by atoms with Crippen LogP contribution in [0.4, 0.5) is 5.69 Å². The fourth-order valence-electron chi connectivity index (χ4n) is 4.92. The number of hydrogen-bond donors (Lipinski definition) is 4. The molecule has 3 rings (SSSR count). The van der Waals surface area contributed by atoms with Gasteiger partial charge in [0.05, 0.1) is 35.5 Å². The van der Waals surface area contributed by atoms with E-state index in [0.29, 0.717) is 40.1 Å². The number of amides is 2. The summed E-state index contributed by atoms with van der Waals surface area (Å²) >= 11 is 6.13. The first kappa shape index (κ1) is 33.9. The Labute approximate surface area is 245 Å². The van der Waals surface area contributed by atoms with Crippen LogP contribution in [0.2, 0.25) is 5.02 Å². The average Bonchev–Trinajstić information content (AvgIpc) is 2.94. The molecule has 228 valence electrons. The van der Waals surface area contributed by atoms with Gasteiger partial charge in [0.2, 0.25) is 5.91 Å². The minimum absolute atomic E-state index is 0.0579. The number of nitrogens with two attached hydrogens (primary N) is 1. The number of aliphatic carboxylic acids is 2. The van der Waals surface area contributed by atoms with E-state index in [2.05, 4.69) is 10.2 Å². The van der Waals surface area contributed by atoms with E-state index in [1.54, 1.807) is 19.2 Å². The smallest absolute Gasteiger partial charge is 0.328 e. The predicted octanol–water partition coefficient (Wildman–Crippen LogP) is 2.36. The number of methoxy groups -OCH3 is 2. The van der Waals surface area contributed by atoms with Gasteiger partial charge in [-0.25, -0.2) is 9.59 Å². The Hall–Kier alpha value is -3.35. The Bertz CT molecular complexity index is 1090. The lowest BCUT2D eigenvalue weighted by molar-refractivity contribution is -0.136. The number of anilines is 1. The third kappa shape index (κ3) is 10.5. The number of carboxylic acid groups (broad SMARTS) is 2. The summed E-state index contributed by atoms with van der Waals surface area (Å²) in [6, 6.07) is 3.00. The van der Waals surface area contributed by atoms with Crippen LogP contribution < -0.4 is 15.8 Å². The summed E-state index contributed by atoms with van der Waals surface area (Å²) in [7, 11) is 3.18. The van der Waals surface area contributed by atoms with E-state index in [1.807, 2.05) is 18.7 Å². The van der Waals surface area contributed by atoms with Crippen LogP contribution >= 0.6 is 11.6 Å². The molecule has 13 heteroatoms. The van der Waals surface area contributed by atoms with E-state index >= 15 is 0 Å². The molecule has 41 heavy (non-hydrogen) atoms. The number of likely N-dealkylation sites (tertiary alicyclic amines) is 2. The first-order valence-corrected chi connectivity index (χ1v) is 13.9. The van der Waals surface area contributed by atoms with Crippen molar-refractivity contribution >= 4 is 41.0 Å². The Morgan fingerprint density at radius 3 is 2.20 bits per heavy atom. The van der Waals surface area contributed by atoms with Crippen LogP contribution in [0.15, 0.2) is 24.3 Å². The molecule has 0 spiro atoms. The summed E-state index contributed by atoms with van der Waals surface area (Å²) in [4.78, 5) is 48.7. The van der Waals surface area contributed by atoms with Gasteiger partial charge in [-0.15, -0.1) is 0 Å². The zero-order valence-corrected chi connectivity index (χ0v) is 24.7. The second-order valence-electron chi connectivity index (χ2n) is 10.4. The van der Waals surface area contributed by atoms with Crippen molar-refractivity contribution in [3.63, 3.8) is 0 Å². The van der Waals surface area contributed by atoms with Gasteiger partial charge in [-0.3, -0.25) is 9.59 Å². The van der Waals surface area contributed by atoms with Crippen molar-refractivity contribution in [2.45, 2.75) is 45.3 Å². The van der Waals surface area contributed by atoms with Gasteiger partial charge in [0.25, 0.3) is 5.91 Å². The summed E-state index contributed by atoms with van der Waals surface area (Å²) < 4.78 is 11.1. The highest BCUT2D eigenvalue weighted by Crippen LogP contribution is 2.29. The number of rotatable bonds is 9. The SMILES string of the molecule is COc1cc(N)c(Cl)cc1C(=O)NC1CCN(CC2CCN(C(=O)C(C)C)CC2)CC1OC.O=C(O)/C=C\C(=O)O. The minimum Gasteiger partial charge on any atom is -0.496 e. The normalized spacial score (nSPS) is 19.9. The molecule has 0 bridgehead atoms. The van der Waals surface area contributed by atoms with Crippen LogP contribution in [-0.2, 0) is 19.1 Å². The summed E-state index contributed by atoms with van der Waals surface area (Å²) in [5.74, 6) is -1.49. The summed E-state index contributed by atoms with van der Waals surface area (Å²) in [5, 5.41) is 19.0. The van der Waals surface area contributed by atoms with Gasteiger partial charge < -0.3 is 40.5 Å². The van der Waals surface area contributed by atoms with E-state index < -0.39 is 11.9 Å². The fraction of sp³-hybridized carbons (Fsp3) is 0.571. The lowest BCUT2D eigenvalue weighted by Crippen LogP contribution is -2.55. The number of ether oxygens (including phenoxy) is 2. The quantitative estimate of drug-likeness (QED) is 0.245. The molecular weight excluding hydrogens is 556 g/mol. The second-order valence-corrected chi connectivity index (χ2v) is 10.8. The minimum atomic E-state index is -1.26. The maximum absolute atomic E-state index is 13.0. The van der Waals surface area contributed by atoms with E-state index in [4.69, 9.17) is 37.0 Å². The molecule has 2 aliphatic rings. The molecule has 2 fully saturated rings. The number of benzene rings is 1. The highest BCUT2D eigenvalue weighted by atomic mass is 35.5. The Kier molecular flexibility index (Phi) is 13.4. The number of carboxylic acids is 2. The Morgan fingerprint density at radius 2 is 1.68 bits per heavy atom. The van der Waals surface area contributed by atoms with Crippen molar-refractivity contribution in [3.05, 3.63) is 34.9 Å². The number of carbonyl (C=O) groups is 4. The maximum atomic E-state index is 13.0. The molecule has 0 aliphatic carbocycles. The van der Waals surface area contributed by atoms with Crippen LogP contribution in [0.1, 0.15) is 43.5 Å². The first-order chi connectivity index (χ1) is 19.4. The van der Waals surface area contributed by atoms with Gasteiger partial charge in [0, 0.05) is 64.0 Å². The summed E-state index contributed by atoms with van der Waals surface area (Å²) in [5.41, 5.74) is 6.56. The zero-order chi connectivity index (χ0) is 30.7. The summed E-state index contributed by atoms with van der Waals surface area (Å²) in [6.45, 7) is 8.23. The molecule has 0 radical (unpaired) electrons. The van der Waals surface area contributed by atoms with Crippen molar-refractivity contribution in [3.8, 4) is 5.75 Å². The van der Waals surface area contributed by atoms with Crippen LogP contribution in [-0.4, -0.2) is 103 Å². The van der Waals surface area contributed by atoms with Gasteiger partial charge in [0.1, 0.15) is 5.75 Å². The number of nitrogens with zero attached hydrogens (tertiary/aromatic N) is 2. The molecule has 1 aromatic carbocycles. The molecule has 0 saturated carbocycles. The lowest BCUT2D eigenvalue weighted by Gasteiger charge is -2.41. The fourth-order valence-corrected chi connectivity index (χ4v) is 5.08. The Balaban J connectivity index is 0.000000642. The predicted molar refractivity (Wildman–Crippen MR) is 154 cm³/mol. The highest BCUT2D eigenvalue weighted by Gasteiger charge is 2.33. The third-order valence-corrected chi connectivity index (χ3v) is 7.46. The van der Waals surface area contributed by atoms with Crippen LogP contribution in [0.5, 0.6) is 5.75 Å². The van der Waals surface area contributed by atoms with Crippen molar-refractivity contribution in [1.82, 2.24) is 15.1 Å². The molecule has 2 heterocycles. The topological polar surface area (TPSA) is 172 Å². The van der Waals surface area contributed by atoms with Crippen LogP contribution in [0.3, 0.4) is 0 Å². The number of nitrogen functional groups attached to an aromatic ring is 1. The van der Waals surface area contributed by atoms with Gasteiger partial charge in [0.15, 0.2) is 0 Å². The number of hydrogen-bond acceptors (Lipinski definition) is 8. The standard InChI is InChI=1S/C24H37ClN4O4.C4H4O4/c1-15(2)24(31)29-9-5-16(6-10-29)13-28-8-7-20(22(14-28)33-4)27-23(30)17-11-18(25)19(26)12-21(17)32-3;5-3(6)1-2-4(7)8/h11-12,15-16,20,22H,5-10,13-14,26H2,1-4H3,(H,27,30);1-2H,(H,5,6)(H,7,8)/b;2-1-. The molecule has 2 aliphatic heterocycles. The molecule has 5 N–H and O–H groups in total. The molecule has 1 aromatic rings. The van der Waals surface area contributed by atoms with Crippen molar-refractivity contribution < 1.29 is 38.9 Å². The van der Waals surface area contributed by atoms with Gasteiger partial charge in [-0.1, -0.05) is 25.4 Å². The zero-order valence-electron chi connectivity index (χ0n) is 24.0. The molecule has 2 atom stereocenters. The largest absolute Gasteiger partial charge is 0.496 e. The van der Waals surface area contributed by atoms with Gasteiger partial charge in [-0.2, -0.15) is 0 Å². The van der Waals surface area contributed by atoms with E-state index in [9.17, 15) is 19.2 Å². The lowest BCUT2D eigenvalue weighted by atomic mass is 9.93. The molecule has 2 unspecified atom stereocenters. The third-order valence-electron chi connectivity index (χ3n) is 7.13. The van der Waals surface area contributed by atoms with Crippen molar-refractivity contribution in [2.24, 2.45) is 11.8 Å². The molecule has 2 amide bonds. The number of carbonyl (C=O) groups excluding carboxylic acids is 2. The number of halogens is 1. The molecule has 12 nitrogen and oxygen atoms in total. The van der Waals surface area contributed by atoms with E-state index in [1.165, 1.54) is 7.11 Å². The van der Waals surface area contributed by atoms with Gasteiger partial charge >= 0.3 is 11.9 Å². The molecular formula is C28H41ClN4O8. The van der Waals surface area contributed by atoms with E-state index in [0.717, 1.165) is 52.0 Å². The summed E-state index contributed by atoms with van der Waals surface area (Å²) in [6.07, 6.45) is 3.86. The van der Waals surface area contributed by atoms with E-state index in [-0.39, 0.29) is 29.9 Å². The van der Waals surface area contributed by atoms with Crippen LogP contribution in [0.25, 0.3) is 0 Å². The van der Waals surface area contributed by atoms with Gasteiger partial charge in [-0.05, 0) is 31.2 Å². The van der Waals surface area contributed by atoms with Crippen molar-refractivity contribution in [2.75, 3.05) is 52.7 Å². The van der Waals surface area contributed by atoms with Crippen molar-refractivity contribution in [1.29, 1.82) is 0 Å². The second kappa shape index (κ2) is 16.2. The maximum Gasteiger partial charge on any atom is 0.328 e. The highest BCUT2D eigenvalue weighted by molar-refractivity contribution is 6.33. The molecule has 0 aromatic heterocycles. The monoisotopic (exact) mass is 596 g/mol. The first-order valence-electron chi connectivity index (χ1n) is 13.5. The Morgan fingerprint density at radius 1 is 1.07 bits per heavy atom. The molecule has 2 saturated heterocycles. The van der Waals surface area contributed by atoms with Crippen LogP contribution in [0, 0.1) is 11.8 Å². The average molecular weight is 597 g/mol.